The average molecular weight is 470 g/mol. The van der Waals surface area contributed by atoms with Crippen LogP contribution in [0.3, 0.4) is 0 Å². The molecule has 1 heterocycles. The van der Waals surface area contributed by atoms with Crippen LogP contribution >= 0.6 is 0 Å². The fourth-order valence-electron chi connectivity index (χ4n) is 3.40. The number of ether oxygens (including phenoxy) is 1. The van der Waals surface area contributed by atoms with E-state index in [2.05, 4.69) is 5.32 Å². The summed E-state index contributed by atoms with van der Waals surface area (Å²) in [5.41, 5.74) is 0.0614. The molecule has 2 atom stereocenters. The smallest absolute Gasteiger partial charge is 0.308 e. The van der Waals surface area contributed by atoms with E-state index in [1.165, 1.54) is 29.2 Å². The first-order chi connectivity index (χ1) is 15.0. The minimum Gasteiger partial charge on any atom is -0.456 e. The summed E-state index contributed by atoms with van der Waals surface area (Å²) in [6.07, 6.45) is 0.819. The fourth-order valence-corrected chi connectivity index (χ4v) is 5.12. The molecule has 2 amide bonds. The second kappa shape index (κ2) is 11.0. The van der Waals surface area contributed by atoms with Gasteiger partial charge in [-0.25, -0.2) is 8.42 Å². The summed E-state index contributed by atoms with van der Waals surface area (Å²) in [4.78, 5) is 48.2. The molecule has 2 rings (SSSR count). The zero-order valence-corrected chi connectivity index (χ0v) is 18.8. The van der Waals surface area contributed by atoms with Crippen LogP contribution in [0.5, 0.6) is 0 Å². The molecule has 0 unspecified atom stereocenters. The zero-order valence-electron chi connectivity index (χ0n) is 18.0. The van der Waals surface area contributed by atoms with Gasteiger partial charge < -0.3 is 15.0 Å². The van der Waals surface area contributed by atoms with Gasteiger partial charge >= 0.3 is 5.97 Å². The van der Waals surface area contributed by atoms with E-state index in [0.717, 1.165) is 0 Å². The topological polar surface area (TPSA) is 153 Å². The number of rotatable bonds is 10. The summed E-state index contributed by atoms with van der Waals surface area (Å²) in [7, 11) is -3.17. The van der Waals surface area contributed by atoms with Gasteiger partial charge in [-0.05, 0) is 31.9 Å². The highest BCUT2D eigenvalue weighted by atomic mass is 32.2. The second-order valence-electron chi connectivity index (χ2n) is 7.59. The second-order valence-corrected chi connectivity index (χ2v) is 9.81. The summed E-state index contributed by atoms with van der Waals surface area (Å²) in [5.74, 6) is -1.71. The molecule has 1 aromatic rings. The van der Waals surface area contributed by atoms with Crippen LogP contribution < -0.4 is 5.32 Å². The van der Waals surface area contributed by atoms with Crippen molar-refractivity contribution >= 4 is 33.3 Å². The highest BCUT2D eigenvalue weighted by Gasteiger charge is 2.36. The number of esters is 1. The number of hydrogen-bond donors (Lipinski definition) is 1. The minimum absolute atomic E-state index is 0.0339. The zero-order chi connectivity index (χ0) is 23.9. The molecule has 1 aliphatic rings. The number of non-ortho nitro benzene ring substituents is 1. The lowest BCUT2D eigenvalue weighted by atomic mass is 10.1. The van der Waals surface area contributed by atoms with Crippen LogP contribution in [0.1, 0.15) is 43.5 Å². The molecule has 32 heavy (non-hydrogen) atoms. The Morgan fingerprint density at radius 1 is 1.28 bits per heavy atom. The van der Waals surface area contributed by atoms with Crippen molar-refractivity contribution in [3.63, 3.8) is 0 Å². The number of nitro groups is 1. The maximum absolute atomic E-state index is 12.6. The number of nitrogens with one attached hydrogen (secondary N) is 1. The quantitative estimate of drug-likeness (QED) is 0.303. The van der Waals surface area contributed by atoms with Crippen LogP contribution in [0.2, 0.25) is 0 Å². The minimum atomic E-state index is -3.17. The number of amides is 2. The van der Waals surface area contributed by atoms with Crippen LogP contribution in [-0.4, -0.2) is 72.8 Å². The van der Waals surface area contributed by atoms with Crippen LogP contribution in [0.15, 0.2) is 24.3 Å². The molecule has 11 nitrogen and oxygen atoms in total. The van der Waals surface area contributed by atoms with Gasteiger partial charge in [0.05, 0.1) is 22.8 Å². The first-order valence-corrected chi connectivity index (χ1v) is 12.1. The third kappa shape index (κ3) is 7.01. The van der Waals surface area contributed by atoms with Crippen molar-refractivity contribution < 1.29 is 32.5 Å². The number of sulfone groups is 1. The molecule has 0 radical (unpaired) electrons. The van der Waals surface area contributed by atoms with E-state index in [0.29, 0.717) is 12.8 Å². The van der Waals surface area contributed by atoms with Crippen molar-refractivity contribution in [2.75, 3.05) is 24.7 Å². The van der Waals surface area contributed by atoms with Crippen molar-refractivity contribution in [2.24, 2.45) is 0 Å². The van der Waals surface area contributed by atoms with E-state index in [-0.39, 0.29) is 41.8 Å². The molecule has 1 saturated heterocycles. The van der Waals surface area contributed by atoms with Gasteiger partial charge in [0.1, 0.15) is 0 Å². The van der Waals surface area contributed by atoms with E-state index < -0.39 is 45.2 Å². The summed E-state index contributed by atoms with van der Waals surface area (Å²) in [5, 5.41) is 13.1. The van der Waals surface area contributed by atoms with Gasteiger partial charge in [0, 0.05) is 36.3 Å². The molecule has 1 N–H and O–H groups in total. The van der Waals surface area contributed by atoms with Crippen LogP contribution in [0.4, 0.5) is 5.69 Å². The van der Waals surface area contributed by atoms with Crippen LogP contribution in [-0.2, 0) is 24.2 Å². The van der Waals surface area contributed by atoms with E-state index in [9.17, 15) is 32.9 Å². The van der Waals surface area contributed by atoms with Crippen LogP contribution in [0.25, 0.3) is 0 Å². The van der Waals surface area contributed by atoms with Crippen molar-refractivity contribution in [3.05, 3.63) is 39.9 Å². The predicted molar refractivity (Wildman–Crippen MR) is 115 cm³/mol. The molecule has 1 fully saturated rings. The van der Waals surface area contributed by atoms with Crippen molar-refractivity contribution in [1.29, 1.82) is 0 Å². The SMILES string of the molecule is CC[C@H](C)N(C(=O)COC(=O)CCNC(=O)c1ccc([N+](=O)[O-])cc1)[C@@H]1CCS(=O)(=O)C1. The molecule has 176 valence electrons. The molecule has 0 spiro atoms. The first-order valence-electron chi connectivity index (χ1n) is 10.2. The number of carbonyl (C=O) groups excluding carboxylic acids is 3. The van der Waals surface area contributed by atoms with E-state index in [1.54, 1.807) is 0 Å². The molecule has 0 aliphatic carbocycles. The third-order valence-corrected chi connectivity index (χ3v) is 7.02. The first kappa shape index (κ1) is 25.2. The summed E-state index contributed by atoms with van der Waals surface area (Å²) in [6.45, 7) is 3.15. The van der Waals surface area contributed by atoms with E-state index in [4.69, 9.17) is 4.74 Å². The molecule has 12 heteroatoms. The van der Waals surface area contributed by atoms with E-state index >= 15 is 0 Å². The van der Waals surface area contributed by atoms with Gasteiger partial charge in [0.2, 0.25) is 0 Å². The van der Waals surface area contributed by atoms with Gasteiger partial charge in [-0.3, -0.25) is 24.5 Å². The van der Waals surface area contributed by atoms with Crippen molar-refractivity contribution in [3.8, 4) is 0 Å². The summed E-state index contributed by atoms with van der Waals surface area (Å²) < 4.78 is 28.6. The number of carbonyl (C=O) groups is 3. The fraction of sp³-hybridized carbons (Fsp3) is 0.550. The molecule has 0 aromatic heterocycles. The lowest BCUT2D eigenvalue weighted by Gasteiger charge is -2.33. The number of nitrogens with zero attached hydrogens (tertiary/aromatic N) is 2. The largest absolute Gasteiger partial charge is 0.456 e. The average Bonchev–Trinajstić information content (AvgIpc) is 3.11. The van der Waals surface area contributed by atoms with Crippen LogP contribution in [0, 0.1) is 10.1 Å². The molecule has 1 aromatic carbocycles. The molecule has 0 saturated carbocycles. The third-order valence-electron chi connectivity index (χ3n) is 5.27. The predicted octanol–water partition coefficient (Wildman–Crippen LogP) is 1.07. The molecular formula is C20H27N3O8S. The number of benzene rings is 1. The van der Waals surface area contributed by atoms with Crippen molar-refractivity contribution in [1.82, 2.24) is 10.2 Å². The van der Waals surface area contributed by atoms with Gasteiger partial charge in [-0.2, -0.15) is 0 Å². The maximum Gasteiger partial charge on any atom is 0.308 e. The highest BCUT2D eigenvalue weighted by molar-refractivity contribution is 7.91. The van der Waals surface area contributed by atoms with Gasteiger partial charge in [0.25, 0.3) is 17.5 Å². The Morgan fingerprint density at radius 2 is 1.94 bits per heavy atom. The molecular weight excluding hydrogens is 442 g/mol. The Bertz CT molecular complexity index is 962. The summed E-state index contributed by atoms with van der Waals surface area (Å²) >= 11 is 0. The highest BCUT2D eigenvalue weighted by Crippen LogP contribution is 2.21. The Hall–Kier alpha value is -3.02. The van der Waals surface area contributed by atoms with Gasteiger partial charge in [-0.1, -0.05) is 6.92 Å². The normalized spacial score (nSPS) is 17.9. The monoisotopic (exact) mass is 469 g/mol. The number of nitro benzene ring substituents is 1. The Morgan fingerprint density at radius 3 is 2.47 bits per heavy atom. The molecule has 1 aliphatic heterocycles. The van der Waals surface area contributed by atoms with Gasteiger partial charge in [0.15, 0.2) is 16.4 Å². The Balaban J connectivity index is 1.80. The maximum atomic E-state index is 12.6. The summed E-state index contributed by atoms with van der Waals surface area (Å²) in [6, 6.07) is 4.39. The Kier molecular flexibility index (Phi) is 8.70. The van der Waals surface area contributed by atoms with Gasteiger partial charge in [-0.15, -0.1) is 0 Å². The standard InChI is InChI=1S/C20H27N3O8S/c1-3-14(2)22(17-9-11-32(29,30)13-17)18(24)12-31-19(25)8-10-21-20(26)15-4-6-16(7-5-15)23(27)28/h4-7,14,17H,3,8-13H2,1-2H3,(H,21,26)/t14-,17+/m0/s1. The lowest BCUT2D eigenvalue weighted by Crippen LogP contribution is -2.48. The number of hydrogen-bond acceptors (Lipinski definition) is 8. The molecule has 0 bridgehead atoms. The van der Waals surface area contributed by atoms with E-state index in [1.807, 2.05) is 13.8 Å². The van der Waals surface area contributed by atoms with Crippen molar-refractivity contribution in [2.45, 2.75) is 45.2 Å². The lowest BCUT2D eigenvalue weighted by molar-refractivity contribution is -0.384. The Labute approximate surface area is 186 Å².